The first kappa shape index (κ1) is 24.3. The Morgan fingerprint density at radius 1 is 0.900 bits per heavy atom. The summed E-state index contributed by atoms with van der Waals surface area (Å²) in [5, 5.41) is 1.10. The standard InChI is InChI=1S/C22H23Cl3O5/c1-3-4-5-6-7-20(28-14(2)26)22(27)30-21-13-16(24)9-11-19(21)29-18-10-8-15(23)12-17(18)25/h8-13,20H,3-7H2,1-2H3. The van der Waals surface area contributed by atoms with Crippen molar-refractivity contribution in [1.29, 1.82) is 0 Å². The Balaban J connectivity index is 2.18. The number of hydrogen-bond acceptors (Lipinski definition) is 5. The molecule has 0 saturated heterocycles. The molecule has 2 rings (SSSR count). The SMILES string of the molecule is CCCCCCC(OC(C)=O)C(=O)Oc1cc(Cl)ccc1Oc1ccc(Cl)cc1Cl. The van der Waals surface area contributed by atoms with E-state index in [4.69, 9.17) is 49.0 Å². The zero-order valence-electron chi connectivity index (χ0n) is 16.8. The summed E-state index contributed by atoms with van der Waals surface area (Å²) >= 11 is 18.1. The Kier molecular flexibility index (Phi) is 9.76. The van der Waals surface area contributed by atoms with Crippen LogP contribution in [0.15, 0.2) is 36.4 Å². The lowest BCUT2D eigenvalue weighted by molar-refractivity contribution is -0.161. The monoisotopic (exact) mass is 472 g/mol. The van der Waals surface area contributed by atoms with Crippen LogP contribution in [0.1, 0.15) is 46.0 Å². The molecule has 0 fully saturated rings. The third-order valence-corrected chi connectivity index (χ3v) is 4.89. The highest BCUT2D eigenvalue weighted by Crippen LogP contribution is 2.38. The molecule has 1 unspecified atom stereocenters. The van der Waals surface area contributed by atoms with Gasteiger partial charge in [0.2, 0.25) is 0 Å². The molecule has 0 aliphatic heterocycles. The first-order valence-corrected chi connectivity index (χ1v) is 10.7. The maximum Gasteiger partial charge on any atom is 0.352 e. The van der Waals surface area contributed by atoms with E-state index in [1.165, 1.54) is 19.1 Å². The Morgan fingerprint density at radius 3 is 2.20 bits per heavy atom. The smallest absolute Gasteiger partial charge is 0.352 e. The second-order valence-electron chi connectivity index (χ2n) is 6.64. The first-order valence-electron chi connectivity index (χ1n) is 9.61. The second-order valence-corrected chi connectivity index (χ2v) is 7.92. The molecule has 0 heterocycles. The fraction of sp³-hybridized carbons (Fsp3) is 0.364. The third kappa shape index (κ3) is 7.71. The van der Waals surface area contributed by atoms with Crippen molar-refractivity contribution in [3.8, 4) is 17.2 Å². The topological polar surface area (TPSA) is 61.8 Å². The largest absolute Gasteiger partial charge is 0.452 e. The number of hydrogen-bond donors (Lipinski definition) is 0. The van der Waals surface area contributed by atoms with Gasteiger partial charge < -0.3 is 14.2 Å². The van der Waals surface area contributed by atoms with Crippen LogP contribution in [0, 0.1) is 0 Å². The van der Waals surface area contributed by atoms with Crippen LogP contribution in [-0.4, -0.2) is 18.0 Å². The molecular weight excluding hydrogens is 451 g/mol. The zero-order chi connectivity index (χ0) is 22.1. The fourth-order valence-electron chi connectivity index (χ4n) is 2.68. The molecule has 8 heteroatoms. The number of carbonyl (C=O) groups excluding carboxylic acids is 2. The van der Waals surface area contributed by atoms with E-state index in [1.807, 2.05) is 0 Å². The molecule has 0 aliphatic rings. The number of halogens is 3. The molecule has 0 bridgehead atoms. The number of carbonyl (C=O) groups is 2. The predicted octanol–water partition coefficient (Wildman–Crippen LogP) is 7.25. The molecule has 0 aromatic heterocycles. The minimum absolute atomic E-state index is 0.0872. The highest BCUT2D eigenvalue weighted by Gasteiger charge is 2.25. The van der Waals surface area contributed by atoms with Gasteiger partial charge in [0.05, 0.1) is 5.02 Å². The summed E-state index contributed by atoms with van der Waals surface area (Å²) in [7, 11) is 0. The van der Waals surface area contributed by atoms with Gasteiger partial charge in [-0.3, -0.25) is 4.79 Å². The third-order valence-electron chi connectivity index (χ3n) is 4.12. The van der Waals surface area contributed by atoms with Crippen molar-refractivity contribution in [1.82, 2.24) is 0 Å². The molecular formula is C22H23Cl3O5. The van der Waals surface area contributed by atoms with Crippen molar-refractivity contribution in [3.05, 3.63) is 51.5 Å². The molecule has 2 aromatic carbocycles. The van der Waals surface area contributed by atoms with Crippen LogP contribution in [0.5, 0.6) is 17.2 Å². The number of ether oxygens (including phenoxy) is 3. The van der Waals surface area contributed by atoms with E-state index >= 15 is 0 Å². The van der Waals surface area contributed by atoms with E-state index in [0.29, 0.717) is 27.2 Å². The van der Waals surface area contributed by atoms with Gasteiger partial charge in [0.15, 0.2) is 17.6 Å². The minimum atomic E-state index is -1.01. The van der Waals surface area contributed by atoms with E-state index in [-0.39, 0.29) is 11.5 Å². The van der Waals surface area contributed by atoms with Gasteiger partial charge in [0.1, 0.15) is 5.75 Å². The maximum absolute atomic E-state index is 12.7. The van der Waals surface area contributed by atoms with Crippen molar-refractivity contribution in [3.63, 3.8) is 0 Å². The van der Waals surface area contributed by atoms with E-state index < -0.39 is 18.0 Å². The van der Waals surface area contributed by atoms with Crippen LogP contribution in [0.25, 0.3) is 0 Å². The van der Waals surface area contributed by atoms with Crippen LogP contribution in [0.3, 0.4) is 0 Å². The molecule has 2 aromatic rings. The summed E-state index contributed by atoms with van der Waals surface area (Å²) in [5.74, 6) is -0.607. The van der Waals surface area contributed by atoms with E-state index in [2.05, 4.69) is 6.92 Å². The van der Waals surface area contributed by atoms with Gasteiger partial charge in [-0.2, -0.15) is 0 Å². The van der Waals surface area contributed by atoms with Gasteiger partial charge in [-0.05, 0) is 43.2 Å². The molecule has 0 N–H and O–H groups in total. The van der Waals surface area contributed by atoms with E-state index in [9.17, 15) is 9.59 Å². The van der Waals surface area contributed by atoms with Gasteiger partial charge in [-0.15, -0.1) is 0 Å². The maximum atomic E-state index is 12.7. The Bertz CT molecular complexity index is 885. The molecule has 0 aliphatic carbocycles. The number of unbranched alkanes of at least 4 members (excludes halogenated alkanes) is 3. The predicted molar refractivity (Wildman–Crippen MR) is 118 cm³/mol. The summed E-state index contributed by atoms with van der Waals surface area (Å²) in [6, 6.07) is 9.34. The van der Waals surface area contributed by atoms with Gasteiger partial charge >= 0.3 is 11.9 Å². The van der Waals surface area contributed by atoms with Gasteiger partial charge in [0, 0.05) is 23.0 Å². The summed E-state index contributed by atoms with van der Waals surface area (Å²) in [5.41, 5.74) is 0. The summed E-state index contributed by atoms with van der Waals surface area (Å²) in [6.45, 7) is 3.34. The Labute approximate surface area is 191 Å². The molecule has 162 valence electrons. The molecule has 0 radical (unpaired) electrons. The van der Waals surface area contributed by atoms with Crippen molar-refractivity contribution in [2.24, 2.45) is 0 Å². The number of rotatable bonds is 10. The molecule has 5 nitrogen and oxygen atoms in total. The van der Waals surface area contributed by atoms with Crippen LogP contribution in [0.4, 0.5) is 0 Å². The van der Waals surface area contributed by atoms with Crippen molar-refractivity contribution < 1.29 is 23.8 Å². The Hall–Kier alpha value is -1.95. The summed E-state index contributed by atoms with van der Waals surface area (Å²) < 4.78 is 16.4. The van der Waals surface area contributed by atoms with Crippen LogP contribution < -0.4 is 9.47 Å². The lowest BCUT2D eigenvalue weighted by Crippen LogP contribution is -2.30. The summed E-state index contributed by atoms with van der Waals surface area (Å²) in [4.78, 5) is 24.1. The Morgan fingerprint density at radius 2 is 1.57 bits per heavy atom. The highest BCUT2D eigenvalue weighted by atomic mass is 35.5. The molecule has 1 atom stereocenters. The van der Waals surface area contributed by atoms with Gasteiger partial charge in [-0.1, -0.05) is 61.0 Å². The normalized spacial score (nSPS) is 11.6. The molecule has 0 amide bonds. The highest BCUT2D eigenvalue weighted by molar-refractivity contribution is 6.35. The lowest BCUT2D eigenvalue weighted by Gasteiger charge is -2.17. The number of esters is 2. The lowest BCUT2D eigenvalue weighted by atomic mass is 10.1. The van der Waals surface area contributed by atoms with Crippen LogP contribution in [0.2, 0.25) is 15.1 Å². The average Bonchev–Trinajstić information content (AvgIpc) is 2.68. The van der Waals surface area contributed by atoms with Crippen molar-refractivity contribution >= 4 is 46.7 Å². The quantitative estimate of drug-likeness (QED) is 0.207. The van der Waals surface area contributed by atoms with Gasteiger partial charge in [0.25, 0.3) is 0 Å². The minimum Gasteiger partial charge on any atom is -0.452 e. The summed E-state index contributed by atoms with van der Waals surface area (Å²) in [6.07, 6.45) is 3.13. The average molecular weight is 474 g/mol. The fourth-order valence-corrected chi connectivity index (χ4v) is 3.29. The van der Waals surface area contributed by atoms with Crippen LogP contribution >= 0.6 is 34.8 Å². The first-order chi connectivity index (χ1) is 14.3. The molecule has 30 heavy (non-hydrogen) atoms. The van der Waals surface area contributed by atoms with E-state index in [0.717, 1.165) is 25.7 Å². The number of benzene rings is 2. The van der Waals surface area contributed by atoms with Crippen molar-refractivity contribution in [2.75, 3.05) is 0 Å². The van der Waals surface area contributed by atoms with Crippen LogP contribution in [-0.2, 0) is 14.3 Å². The van der Waals surface area contributed by atoms with E-state index in [1.54, 1.807) is 24.3 Å². The molecule has 0 saturated carbocycles. The molecule has 0 spiro atoms. The zero-order valence-corrected chi connectivity index (χ0v) is 19.0. The van der Waals surface area contributed by atoms with Crippen molar-refractivity contribution in [2.45, 2.75) is 52.1 Å². The second kappa shape index (κ2) is 12.0. The van der Waals surface area contributed by atoms with Gasteiger partial charge in [-0.25, -0.2) is 4.79 Å².